The molecule has 1 aromatic heterocycles. The van der Waals surface area contributed by atoms with Crippen LogP contribution in [0.5, 0.6) is 0 Å². The van der Waals surface area contributed by atoms with Crippen LogP contribution in [0.4, 0.5) is 0 Å². The van der Waals surface area contributed by atoms with Gasteiger partial charge in [0, 0.05) is 24.2 Å². The predicted octanol–water partition coefficient (Wildman–Crippen LogP) is 4.05. The molecule has 1 amide bonds. The summed E-state index contributed by atoms with van der Waals surface area (Å²) in [5.41, 5.74) is 2.55. The Hall–Kier alpha value is -2.10. The predicted molar refractivity (Wildman–Crippen MR) is 85.6 cm³/mol. The van der Waals surface area contributed by atoms with Gasteiger partial charge in [-0.3, -0.25) is 4.79 Å². The van der Waals surface area contributed by atoms with E-state index in [4.69, 9.17) is 4.52 Å². The van der Waals surface area contributed by atoms with E-state index in [-0.39, 0.29) is 5.91 Å². The van der Waals surface area contributed by atoms with Crippen LogP contribution in [0.25, 0.3) is 11.3 Å². The lowest BCUT2D eigenvalue weighted by molar-refractivity contribution is 0.0597. The third-order valence-electron chi connectivity index (χ3n) is 4.42. The van der Waals surface area contributed by atoms with Crippen LogP contribution in [-0.2, 0) is 0 Å². The van der Waals surface area contributed by atoms with Crippen LogP contribution in [-0.4, -0.2) is 28.6 Å². The Morgan fingerprint density at radius 2 is 2.09 bits per heavy atom. The number of rotatable bonds is 3. The van der Waals surface area contributed by atoms with E-state index in [1.54, 1.807) is 6.07 Å². The van der Waals surface area contributed by atoms with E-state index in [2.05, 4.69) is 12.1 Å². The maximum Gasteiger partial charge on any atom is 0.276 e. The van der Waals surface area contributed by atoms with Crippen LogP contribution in [0.1, 0.15) is 48.7 Å². The summed E-state index contributed by atoms with van der Waals surface area (Å²) < 4.78 is 5.37. The van der Waals surface area contributed by atoms with Crippen molar-refractivity contribution in [2.45, 2.75) is 45.6 Å². The first kappa shape index (κ1) is 14.8. The minimum absolute atomic E-state index is 0.00587. The van der Waals surface area contributed by atoms with Crippen LogP contribution in [0.2, 0.25) is 0 Å². The van der Waals surface area contributed by atoms with Gasteiger partial charge in [-0.1, -0.05) is 41.9 Å². The topological polar surface area (TPSA) is 46.3 Å². The van der Waals surface area contributed by atoms with Gasteiger partial charge in [-0.05, 0) is 32.6 Å². The maximum absolute atomic E-state index is 12.7. The summed E-state index contributed by atoms with van der Waals surface area (Å²) in [5, 5.41) is 3.99. The summed E-state index contributed by atoms with van der Waals surface area (Å²) >= 11 is 0. The van der Waals surface area contributed by atoms with Crippen molar-refractivity contribution in [2.24, 2.45) is 0 Å². The molecule has 3 rings (SSSR count). The number of carbonyl (C=O) groups is 1. The fraction of sp³-hybridized carbons (Fsp3) is 0.444. The Labute approximate surface area is 131 Å². The SMILES string of the molecule is CCC1CCCCN1C(=O)c1cc(-c2ccc(C)cc2)on1. The highest BCUT2D eigenvalue weighted by molar-refractivity contribution is 5.93. The number of hydrogen-bond donors (Lipinski definition) is 0. The quantitative estimate of drug-likeness (QED) is 0.858. The van der Waals surface area contributed by atoms with E-state index in [0.29, 0.717) is 17.5 Å². The van der Waals surface area contributed by atoms with Crippen molar-refractivity contribution in [1.82, 2.24) is 10.1 Å². The number of aryl methyl sites for hydroxylation is 1. The molecular formula is C18H22N2O2. The number of aromatic nitrogens is 1. The molecule has 0 N–H and O–H groups in total. The number of piperidine rings is 1. The highest BCUT2D eigenvalue weighted by atomic mass is 16.5. The number of amides is 1. The molecule has 4 heteroatoms. The molecule has 1 atom stereocenters. The number of likely N-dealkylation sites (tertiary alicyclic amines) is 1. The summed E-state index contributed by atoms with van der Waals surface area (Å²) in [6, 6.07) is 10.1. The van der Waals surface area contributed by atoms with Crippen molar-refractivity contribution < 1.29 is 9.32 Å². The van der Waals surface area contributed by atoms with Crippen molar-refractivity contribution >= 4 is 5.91 Å². The van der Waals surface area contributed by atoms with E-state index in [0.717, 1.165) is 31.4 Å². The lowest BCUT2D eigenvalue weighted by atomic mass is 9.99. The Kier molecular flexibility index (Phi) is 4.27. The van der Waals surface area contributed by atoms with Crippen LogP contribution in [0.3, 0.4) is 0 Å². The Morgan fingerprint density at radius 1 is 1.32 bits per heavy atom. The summed E-state index contributed by atoms with van der Waals surface area (Å²) in [5.74, 6) is 0.641. The van der Waals surface area contributed by atoms with Crippen molar-refractivity contribution in [1.29, 1.82) is 0 Å². The van der Waals surface area contributed by atoms with Gasteiger partial charge in [0.15, 0.2) is 11.5 Å². The standard InChI is InChI=1S/C18H22N2O2/c1-3-15-6-4-5-11-20(15)18(21)16-12-17(22-19-16)14-9-7-13(2)8-10-14/h7-10,12,15H,3-6,11H2,1-2H3. The molecule has 1 aliphatic heterocycles. The van der Waals surface area contributed by atoms with E-state index in [1.807, 2.05) is 36.1 Å². The number of carbonyl (C=O) groups excluding carboxylic acids is 1. The van der Waals surface area contributed by atoms with E-state index >= 15 is 0 Å². The molecule has 1 unspecified atom stereocenters. The fourth-order valence-corrected chi connectivity index (χ4v) is 3.07. The normalized spacial score (nSPS) is 18.5. The van der Waals surface area contributed by atoms with Crippen LogP contribution in [0.15, 0.2) is 34.9 Å². The molecule has 0 bridgehead atoms. The second-order valence-electron chi connectivity index (χ2n) is 6.00. The van der Waals surface area contributed by atoms with E-state index < -0.39 is 0 Å². The minimum atomic E-state index is -0.00587. The van der Waals surface area contributed by atoms with Crippen LogP contribution in [0, 0.1) is 6.92 Å². The van der Waals surface area contributed by atoms with E-state index in [1.165, 1.54) is 12.0 Å². The Bertz CT molecular complexity index is 645. The molecule has 1 aliphatic rings. The zero-order chi connectivity index (χ0) is 15.5. The third kappa shape index (κ3) is 2.91. The average molecular weight is 298 g/mol. The molecule has 2 aromatic rings. The molecule has 22 heavy (non-hydrogen) atoms. The lowest BCUT2D eigenvalue weighted by Gasteiger charge is -2.34. The second kappa shape index (κ2) is 6.34. The summed E-state index contributed by atoms with van der Waals surface area (Å²) in [6.45, 7) is 5.00. The first-order valence-corrected chi connectivity index (χ1v) is 8.03. The third-order valence-corrected chi connectivity index (χ3v) is 4.42. The number of hydrogen-bond acceptors (Lipinski definition) is 3. The van der Waals surface area contributed by atoms with Crippen molar-refractivity contribution in [2.75, 3.05) is 6.54 Å². The van der Waals surface area contributed by atoms with Crippen molar-refractivity contribution in [3.63, 3.8) is 0 Å². The van der Waals surface area contributed by atoms with Crippen LogP contribution >= 0.6 is 0 Å². The molecule has 4 nitrogen and oxygen atoms in total. The smallest absolute Gasteiger partial charge is 0.276 e. The molecule has 1 fully saturated rings. The molecule has 1 aromatic carbocycles. The van der Waals surface area contributed by atoms with Crippen molar-refractivity contribution in [3.05, 3.63) is 41.6 Å². The fourth-order valence-electron chi connectivity index (χ4n) is 3.07. The van der Waals surface area contributed by atoms with Gasteiger partial charge in [0.2, 0.25) is 0 Å². The Balaban J connectivity index is 1.80. The minimum Gasteiger partial charge on any atom is -0.355 e. The average Bonchev–Trinajstić information content (AvgIpc) is 3.05. The molecule has 2 heterocycles. The number of benzene rings is 1. The van der Waals surface area contributed by atoms with Gasteiger partial charge in [-0.15, -0.1) is 0 Å². The van der Waals surface area contributed by atoms with Crippen molar-refractivity contribution in [3.8, 4) is 11.3 Å². The zero-order valence-electron chi connectivity index (χ0n) is 13.2. The first-order valence-electron chi connectivity index (χ1n) is 8.03. The highest BCUT2D eigenvalue weighted by Gasteiger charge is 2.28. The van der Waals surface area contributed by atoms with Gasteiger partial charge in [-0.25, -0.2) is 0 Å². The monoisotopic (exact) mass is 298 g/mol. The van der Waals surface area contributed by atoms with E-state index in [9.17, 15) is 4.79 Å². The molecular weight excluding hydrogens is 276 g/mol. The molecule has 1 saturated heterocycles. The van der Waals surface area contributed by atoms with Gasteiger partial charge in [0.1, 0.15) is 0 Å². The van der Waals surface area contributed by atoms with Crippen LogP contribution < -0.4 is 0 Å². The highest BCUT2D eigenvalue weighted by Crippen LogP contribution is 2.24. The molecule has 0 radical (unpaired) electrons. The maximum atomic E-state index is 12.7. The van der Waals surface area contributed by atoms with Gasteiger partial charge in [-0.2, -0.15) is 0 Å². The lowest BCUT2D eigenvalue weighted by Crippen LogP contribution is -2.43. The van der Waals surface area contributed by atoms with Gasteiger partial charge < -0.3 is 9.42 Å². The molecule has 0 spiro atoms. The molecule has 0 saturated carbocycles. The Morgan fingerprint density at radius 3 is 2.82 bits per heavy atom. The summed E-state index contributed by atoms with van der Waals surface area (Å²) in [4.78, 5) is 14.6. The second-order valence-corrected chi connectivity index (χ2v) is 6.00. The summed E-state index contributed by atoms with van der Waals surface area (Å²) in [7, 11) is 0. The largest absolute Gasteiger partial charge is 0.355 e. The number of nitrogens with zero attached hydrogens (tertiary/aromatic N) is 2. The first-order chi connectivity index (χ1) is 10.7. The van der Waals surface area contributed by atoms with Gasteiger partial charge >= 0.3 is 0 Å². The zero-order valence-corrected chi connectivity index (χ0v) is 13.2. The molecule has 116 valence electrons. The molecule has 0 aliphatic carbocycles. The summed E-state index contributed by atoms with van der Waals surface area (Å²) in [6.07, 6.45) is 4.36. The van der Waals surface area contributed by atoms with Gasteiger partial charge in [0.05, 0.1) is 0 Å². The van der Waals surface area contributed by atoms with Gasteiger partial charge in [0.25, 0.3) is 5.91 Å².